The van der Waals surface area contributed by atoms with E-state index in [1.807, 2.05) is 31.6 Å². The maximum absolute atomic E-state index is 6.00. The van der Waals surface area contributed by atoms with Gasteiger partial charge in [0.2, 0.25) is 0 Å². The number of hydrogen-bond acceptors (Lipinski definition) is 3. The minimum absolute atomic E-state index is 0.573. The Bertz CT molecular complexity index is 784. The molecule has 2 aromatic heterocycles. The number of aryl methyl sites for hydroxylation is 2. The number of aromatic amines is 1. The van der Waals surface area contributed by atoms with E-state index < -0.39 is 0 Å². The Labute approximate surface area is 115 Å². The lowest BCUT2D eigenvalue weighted by molar-refractivity contribution is 0.731. The highest BCUT2D eigenvalue weighted by atomic mass is 35.5. The molecule has 0 spiro atoms. The molecule has 3 rings (SSSR count). The van der Waals surface area contributed by atoms with E-state index in [1.54, 1.807) is 6.07 Å². The number of H-pyrrole nitrogens is 1. The Kier molecular flexibility index (Phi) is 2.53. The van der Waals surface area contributed by atoms with Crippen LogP contribution >= 0.6 is 11.6 Å². The number of fused-ring (bicyclic) bond motifs is 1. The van der Waals surface area contributed by atoms with E-state index in [9.17, 15) is 0 Å². The van der Waals surface area contributed by atoms with Crippen molar-refractivity contribution in [2.45, 2.75) is 13.8 Å². The van der Waals surface area contributed by atoms with Crippen LogP contribution < -0.4 is 5.73 Å². The summed E-state index contributed by atoms with van der Waals surface area (Å²) in [6.07, 6.45) is 0. The average molecular weight is 276 g/mol. The molecule has 2 heterocycles. The Hall–Kier alpha value is -2.01. The van der Waals surface area contributed by atoms with E-state index in [0.29, 0.717) is 10.7 Å². The lowest BCUT2D eigenvalue weighted by Crippen LogP contribution is -1.93. The van der Waals surface area contributed by atoms with Gasteiger partial charge in [0.05, 0.1) is 22.5 Å². The van der Waals surface area contributed by atoms with Gasteiger partial charge >= 0.3 is 0 Å². The van der Waals surface area contributed by atoms with E-state index in [-0.39, 0.29) is 0 Å². The highest BCUT2D eigenvalue weighted by Crippen LogP contribution is 2.30. The first kappa shape index (κ1) is 12.0. The molecule has 98 valence electrons. The summed E-state index contributed by atoms with van der Waals surface area (Å²) in [4.78, 5) is 7.83. The van der Waals surface area contributed by atoms with Crippen LogP contribution in [-0.4, -0.2) is 19.7 Å². The number of benzene rings is 1. The molecule has 5 nitrogen and oxygen atoms in total. The zero-order valence-corrected chi connectivity index (χ0v) is 11.7. The van der Waals surface area contributed by atoms with Crippen molar-refractivity contribution in [3.63, 3.8) is 0 Å². The van der Waals surface area contributed by atoms with Crippen molar-refractivity contribution in [1.29, 1.82) is 0 Å². The van der Waals surface area contributed by atoms with Gasteiger partial charge in [-0.1, -0.05) is 11.6 Å². The summed E-state index contributed by atoms with van der Waals surface area (Å²) >= 11 is 6.00. The minimum Gasteiger partial charge on any atom is -0.397 e. The molecule has 19 heavy (non-hydrogen) atoms. The van der Waals surface area contributed by atoms with E-state index in [0.717, 1.165) is 33.8 Å². The summed E-state index contributed by atoms with van der Waals surface area (Å²) in [5.74, 6) is 0.770. The van der Waals surface area contributed by atoms with Gasteiger partial charge in [-0.15, -0.1) is 0 Å². The average Bonchev–Trinajstić information content (AvgIpc) is 2.81. The van der Waals surface area contributed by atoms with Gasteiger partial charge in [-0.2, -0.15) is 5.10 Å². The van der Waals surface area contributed by atoms with Crippen molar-refractivity contribution in [1.82, 2.24) is 19.7 Å². The highest BCUT2D eigenvalue weighted by molar-refractivity contribution is 6.31. The van der Waals surface area contributed by atoms with Crippen molar-refractivity contribution in [2.24, 2.45) is 7.05 Å². The molecule has 3 N–H and O–H groups in total. The van der Waals surface area contributed by atoms with Gasteiger partial charge in [0, 0.05) is 17.8 Å². The topological polar surface area (TPSA) is 72.5 Å². The van der Waals surface area contributed by atoms with Crippen LogP contribution in [0, 0.1) is 13.8 Å². The van der Waals surface area contributed by atoms with Crippen LogP contribution in [0.3, 0.4) is 0 Å². The largest absolute Gasteiger partial charge is 0.397 e. The van der Waals surface area contributed by atoms with Crippen LogP contribution in [0.1, 0.15) is 11.4 Å². The summed E-state index contributed by atoms with van der Waals surface area (Å²) < 4.78 is 1.84. The summed E-state index contributed by atoms with van der Waals surface area (Å²) in [7, 11) is 1.92. The molecule has 0 radical (unpaired) electrons. The predicted molar refractivity (Wildman–Crippen MR) is 77.2 cm³/mol. The van der Waals surface area contributed by atoms with Crippen LogP contribution in [0.5, 0.6) is 0 Å². The first-order valence-corrected chi connectivity index (χ1v) is 6.30. The number of anilines is 1. The molecule has 3 aromatic rings. The van der Waals surface area contributed by atoms with Crippen molar-refractivity contribution in [3.8, 4) is 11.4 Å². The zero-order valence-electron chi connectivity index (χ0n) is 11.0. The summed E-state index contributed by atoms with van der Waals surface area (Å²) in [6, 6.07) is 3.53. The maximum Gasteiger partial charge on any atom is 0.142 e. The number of aromatic nitrogens is 4. The SMILES string of the molecule is Cc1nn(C)c(C)c1-c1nc2c(N)cc(Cl)cc2[nH]1. The third kappa shape index (κ3) is 1.77. The molecule has 0 aliphatic rings. The number of nitrogen functional groups attached to an aromatic ring is 1. The standard InChI is InChI=1S/C13H14ClN5/c1-6-11(7(2)19(3)18-6)13-16-10-5-8(14)4-9(15)12(10)17-13/h4-5H,15H2,1-3H3,(H,16,17). The van der Waals surface area contributed by atoms with E-state index >= 15 is 0 Å². The second-order valence-corrected chi connectivity index (χ2v) is 5.08. The molecule has 0 aliphatic heterocycles. The summed E-state index contributed by atoms with van der Waals surface area (Å²) in [5, 5.41) is 4.99. The molecule has 0 aliphatic carbocycles. The van der Waals surface area contributed by atoms with Crippen molar-refractivity contribution in [2.75, 3.05) is 5.73 Å². The van der Waals surface area contributed by atoms with Crippen LogP contribution in [-0.2, 0) is 7.05 Å². The Morgan fingerprint density at radius 2 is 2.05 bits per heavy atom. The number of nitrogens with zero attached hydrogens (tertiary/aromatic N) is 3. The number of halogens is 1. The molecule has 0 fully saturated rings. The molecular formula is C13H14ClN5. The molecular weight excluding hydrogens is 262 g/mol. The van der Waals surface area contributed by atoms with Gasteiger partial charge in [-0.25, -0.2) is 4.98 Å². The minimum atomic E-state index is 0.573. The normalized spacial score (nSPS) is 11.4. The quantitative estimate of drug-likeness (QED) is 0.671. The summed E-state index contributed by atoms with van der Waals surface area (Å²) in [5.41, 5.74) is 11.1. The van der Waals surface area contributed by atoms with Crippen molar-refractivity contribution >= 4 is 28.3 Å². The molecule has 0 amide bonds. The van der Waals surface area contributed by atoms with E-state index in [2.05, 4.69) is 15.1 Å². The van der Waals surface area contributed by atoms with Gasteiger partial charge in [0.15, 0.2) is 0 Å². The lowest BCUT2D eigenvalue weighted by atomic mass is 10.2. The molecule has 0 saturated heterocycles. The molecule has 0 saturated carbocycles. The first-order chi connectivity index (χ1) is 8.97. The lowest BCUT2D eigenvalue weighted by Gasteiger charge is -1.96. The zero-order chi connectivity index (χ0) is 13.7. The smallest absolute Gasteiger partial charge is 0.142 e. The van der Waals surface area contributed by atoms with E-state index in [4.69, 9.17) is 17.3 Å². The van der Waals surface area contributed by atoms with Gasteiger partial charge in [0.1, 0.15) is 11.3 Å². The Morgan fingerprint density at radius 3 is 2.68 bits per heavy atom. The van der Waals surface area contributed by atoms with Gasteiger partial charge in [-0.3, -0.25) is 4.68 Å². The molecule has 0 bridgehead atoms. The second-order valence-electron chi connectivity index (χ2n) is 4.65. The van der Waals surface area contributed by atoms with Gasteiger partial charge < -0.3 is 10.7 Å². The fraction of sp³-hybridized carbons (Fsp3) is 0.231. The fourth-order valence-electron chi connectivity index (χ4n) is 2.34. The number of imidazole rings is 1. The first-order valence-electron chi connectivity index (χ1n) is 5.92. The van der Waals surface area contributed by atoms with Crippen LogP contribution in [0.4, 0.5) is 5.69 Å². The Balaban J connectivity index is 2.29. The highest BCUT2D eigenvalue weighted by Gasteiger charge is 2.16. The van der Waals surface area contributed by atoms with Gasteiger partial charge in [-0.05, 0) is 26.0 Å². The fourth-order valence-corrected chi connectivity index (χ4v) is 2.57. The van der Waals surface area contributed by atoms with Crippen LogP contribution in [0.2, 0.25) is 5.02 Å². The van der Waals surface area contributed by atoms with Crippen molar-refractivity contribution < 1.29 is 0 Å². The van der Waals surface area contributed by atoms with Gasteiger partial charge in [0.25, 0.3) is 0 Å². The predicted octanol–water partition coefficient (Wildman–Crippen LogP) is 2.82. The number of rotatable bonds is 1. The molecule has 0 atom stereocenters. The third-order valence-corrected chi connectivity index (χ3v) is 3.54. The van der Waals surface area contributed by atoms with E-state index in [1.165, 1.54) is 0 Å². The number of hydrogen-bond donors (Lipinski definition) is 2. The third-order valence-electron chi connectivity index (χ3n) is 3.33. The molecule has 6 heteroatoms. The molecule has 0 unspecified atom stereocenters. The molecule has 1 aromatic carbocycles. The number of nitrogens with two attached hydrogens (primary N) is 1. The van der Waals surface area contributed by atoms with Crippen LogP contribution in [0.15, 0.2) is 12.1 Å². The summed E-state index contributed by atoms with van der Waals surface area (Å²) in [6.45, 7) is 3.98. The monoisotopic (exact) mass is 275 g/mol. The maximum atomic E-state index is 6.00. The van der Waals surface area contributed by atoms with Crippen LogP contribution in [0.25, 0.3) is 22.4 Å². The Morgan fingerprint density at radius 1 is 1.32 bits per heavy atom. The van der Waals surface area contributed by atoms with Crippen molar-refractivity contribution in [3.05, 3.63) is 28.5 Å². The number of nitrogens with one attached hydrogen (secondary N) is 1. The second kappa shape index (κ2) is 3.99.